The number of fused-ring (bicyclic) bond motifs is 1. The van der Waals surface area contributed by atoms with Crippen molar-refractivity contribution in [2.24, 2.45) is 0 Å². The van der Waals surface area contributed by atoms with E-state index in [1.54, 1.807) is 25.3 Å². The highest BCUT2D eigenvalue weighted by Crippen LogP contribution is 2.27. The molecule has 5 heteroatoms. The molecule has 1 aromatic carbocycles. The molecule has 0 aliphatic carbocycles. The number of aliphatic hydroxyl groups excluding tert-OH is 2. The van der Waals surface area contributed by atoms with E-state index in [2.05, 4.69) is 0 Å². The first-order valence-electron chi connectivity index (χ1n) is 5.69. The SMILES string of the molecule is CC(O)c1cn(CCO)c2ccc(C(=O)O)cc12. The molecule has 0 aliphatic heterocycles. The van der Waals surface area contributed by atoms with E-state index in [9.17, 15) is 9.90 Å². The van der Waals surface area contributed by atoms with Gasteiger partial charge in [0.05, 0.1) is 18.3 Å². The number of carbonyl (C=O) groups is 1. The van der Waals surface area contributed by atoms with Gasteiger partial charge in [-0.2, -0.15) is 0 Å². The average Bonchev–Trinajstić information content (AvgIpc) is 2.68. The van der Waals surface area contributed by atoms with Gasteiger partial charge in [0.2, 0.25) is 0 Å². The second-order valence-corrected chi connectivity index (χ2v) is 4.21. The van der Waals surface area contributed by atoms with Crippen LogP contribution < -0.4 is 0 Å². The van der Waals surface area contributed by atoms with Crippen LogP contribution in [0.2, 0.25) is 0 Å². The molecule has 2 aromatic rings. The molecule has 1 heterocycles. The minimum Gasteiger partial charge on any atom is -0.478 e. The van der Waals surface area contributed by atoms with Crippen molar-refractivity contribution >= 4 is 16.9 Å². The first-order chi connectivity index (χ1) is 8.54. The van der Waals surface area contributed by atoms with E-state index in [-0.39, 0.29) is 12.2 Å². The van der Waals surface area contributed by atoms with Crippen LogP contribution in [0.15, 0.2) is 24.4 Å². The summed E-state index contributed by atoms with van der Waals surface area (Å²) >= 11 is 0. The summed E-state index contributed by atoms with van der Waals surface area (Å²) in [6, 6.07) is 4.76. The van der Waals surface area contributed by atoms with Crippen molar-refractivity contribution in [1.82, 2.24) is 4.57 Å². The van der Waals surface area contributed by atoms with Crippen LogP contribution in [-0.2, 0) is 6.54 Å². The number of aromatic carboxylic acids is 1. The lowest BCUT2D eigenvalue weighted by atomic mass is 10.1. The minimum absolute atomic E-state index is 0.0102. The number of aromatic nitrogens is 1. The molecule has 1 aromatic heterocycles. The van der Waals surface area contributed by atoms with Gasteiger partial charge in [0.1, 0.15) is 0 Å². The number of aliphatic hydroxyl groups is 2. The molecule has 3 N–H and O–H groups in total. The topological polar surface area (TPSA) is 82.7 Å². The van der Waals surface area contributed by atoms with Crippen LogP contribution >= 0.6 is 0 Å². The summed E-state index contributed by atoms with van der Waals surface area (Å²) in [5, 5.41) is 28.4. The maximum absolute atomic E-state index is 10.9. The van der Waals surface area contributed by atoms with Gasteiger partial charge in [-0.15, -0.1) is 0 Å². The molecule has 0 saturated heterocycles. The molecule has 0 saturated carbocycles. The average molecular weight is 249 g/mol. The summed E-state index contributed by atoms with van der Waals surface area (Å²) in [7, 11) is 0. The predicted molar refractivity (Wildman–Crippen MR) is 66.6 cm³/mol. The molecule has 18 heavy (non-hydrogen) atoms. The van der Waals surface area contributed by atoms with Crippen molar-refractivity contribution in [1.29, 1.82) is 0 Å². The Balaban J connectivity index is 2.67. The molecule has 0 aliphatic rings. The number of nitrogens with zero attached hydrogens (tertiary/aromatic N) is 1. The lowest BCUT2D eigenvalue weighted by molar-refractivity contribution is 0.0697. The lowest BCUT2D eigenvalue weighted by Gasteiger charge is -2.02. The summed E-state index contributed by atoms with van der Waals surface area (Å²) in [5.74, 6) is -0.997. The normalized spacial score (nSPS) is 12.8. The highest BCUT2D eigenvalue weighted by atomic mass is 16.4. The van der Waals surface area contributed by atoms with E-state index < -0.39 is 12.1 Å². The van der Waals surface area contributed by atoms with Crippen LogP contribution in [0.5, 0.6) is 0 Å². The molecule has 0 spiro atoms. The predicted octanol–water partition coefficient (Wildman–Crippen LogP) is 1.39. The van der Waals surface area contributed by atoms with E-state index >= 15 is 0 Å². The first-order valence-corrected chi connectivity index (χ1v) is 5.69. The van der Waals surface area contributed by atoms with Gasteiger partial charge in [-0.1, -0.05) is 0 Å². The third-order valence-corrected chi connectivity index (χ3v) is 2.95. The Kier molecular flexibility index (Phi) is 3.36. The molecule has 0 radical (unpaired) electrons. The van der Waals surface area contributed by atoms with Crippen LogP contribution in [-0.4, -0.2) is 32.5 Å². The second-order valence-electron chi connectivity index (χ2n) is 4.21. The molecular weight excluding hydrogens is 234 g/mol. The number of carboxylic acid groups (broad SMARTS) is 1. The Morgan fingerprint density at radius 1 is 1.44 bits per heavy atom. The molecule has 1 atom stereocenters. The highest BCUT2D eigenvalue weighted by molar-refractivity contribution is 5.95. The Bertz CT molecular complexity index is 586. The van der Waals surface area contributed by atoms with Crippen LogP contribution in [0, 0.1) is 0 Å². The van der Waals surface area contributed by atoms with Gasteiger partial charge in [-0.25, -0.2) is 4.79 Å². The van der Waals surface area contributed by atoms with E-state index in [4.69, 9.17) is 10.2 Å². The molecule has 1 unspecified atom stereocenters. The zero-order valence-electron chi connectivity index (χ0n) is 10.00. The number of hydrogen-bond donors (Lipinski definition) is 3. The summed E-state index contributed by atoms with van der Waals surface area (Å²) < 4.78 is 1.81. The molecular formula is C13H15NO4. The van der Waals surface area contributed by atoms with Crippen LogP contribution in [0.3, 0.4) is 0 Å². The van der Waals surface area contributed by atoms with Gasteiger partial charge in [-0.05, 0) is 25.1 Å². The van der Waals surface area contributed by atoms with Crippen LogP contribution in [0.1, 0.15) is 28.9 Å². The van der Waals surface area contributed by atoms with Crippen molar-refractivity contribution < 1.29 is 20.1 Å². The Morgan fingerprint density at radius 2 is 2.17 bits per heavy atom. The Morgan fingerprint density at radius 3 is 2.72 bits per heavy atom. The van der Waals surface area contributed by atoms with Crippen molar-refractivity contribution in [2.45, 2.75) is 19.6 Å². The standard InChI is InChI=1S/C13H15NO4/c1-8(16)11-7-14(4-5-15)12-3-2-9(13(17)18)6-10(11)12/h2-3,6-8,15-16H,4-5H2,1H3,(H,17,18). The van der Waals surface area contributed by atoms with E-state index in [1.165, 1.54) is 6.07 Å². The molecule has 0 fully saturated rings. The fourth-order valence-electron chi connectivity index (χ4n) is 2.08. The molecule has 2 rings (SSSR count). The van der Waals surface area contributed by atoms with Gasteiger partial charge >= 0.3 is 5.97 Å². The number of hydrogen-bond acceptors (Lipinski definition) is 3. The van der Waals surface area contributed by atoms with Crippen molar-refractivity contribution in [3.05, 3.63) is 35.5 Å². The summed E-state index contributed by atoms with van der Waals surface area (Å²) in [5.41, 5.74) is 1.66. The zero-order chi connectivity index (χ0) is 13.3. The Hall–Kier alpha value is -1.85. The minimum atomic E-state index is -0.997. The van der Waals surface area contributed by atoms with Crippen molar-refractivity contribution in [3.8, 4) is 0 Å². The third kappa shape index (κ3) is 2.10. The lowest BCUT2D eigenvalue weighted by Crippen LogP contribution is -2.00. The third-order valence-electron chi connectivity index (χ3n) is 2.95. The molecule has 5 nitrogen and oxygen atoms in total. The fourth-order valence-corrected chi connectivity index (χ4v) is 2.08. The number of rotatable bonds is 4. The molecule has 96 valence electrons. The monoisotopic (exact) mass is 249 g/mol. The highest BCUT2D eigenvalue weighted by Gasteiger charge is 2.14. The van der Waals surface area contributed by atoms with Gasteiger partial charge < -0.3 is 19.9 Å². The smallest absolute Gasteiger partial charge is 0.335 e. The summed E-state index contributed by atoms with van der Waals surface area (Å²) in [6.45, 7) is 2.03. The zero-order valence-corrected chi connectivity index (χ0v) is 10.00. The number of carboxylic acids is 1. The quantitative estimate of drug-likeness (QED) is 0.764. The van der Waals surface area contributed by atoms with Gasteiger partial charge in [0.15, 0.2) is 0 Å². The van der Waals surface area contributed by atoms with Gasteiger partial charge in [0.25, 0.3) is 0 Å². The second kappa shape index (κ2) is 4.80. The van der Waals surface area contributed by atoms with E-state index in [0.29, 0.717) is 17.5 Å². The molecule has 0 bridgehead atoms. The van der Waals surface area contributed by atoms with Gasteiger partial charge in [0, 0.05) is 29.2 Å². The van der Waals surface area contributed by atoms with Gasteiger partial charge in [-0.3, -0.25) is 0 Å². The number of benzene rings is 1. The summed E-state index contributed by atoms with van der Waals surface area (Å²) in [6.07, 6.45) is 1.06. The maximum atomic E-state index is 10.9. The Labute approximate surface area is 104 Å². The van der Waals surface area contributed by atoms with Crippen molar-refractivity contribution in [2.75, 3.05) is 6.61 Å². The van der Waals surface area contributed by atoms with Crippen LogP contribution in [0.25, 0.3) is 10.9 Å². The van der Waals surface area contributed by atoms with Crippen LogP contribution in [0.4, 0.5) is 0 Å². The summed E-state index contributed by atoms with van der Waals surface area (Å²) in [4.78, 5) is 10.9. The van der Waals surface area contributed by atoms with E-state index in [1.807, 2.05) is 4.57 Å². The largest absolute Gasteiger partial charge is 0.478 e. The molecule has 0 amide bonds. The maximum Gasteiger partial charge on any atom is 0.335 e. The van der Waals surface area contributed by atoms with Crippen molar-refractivity contribution in [3.63, 3.8) is 0 Å². The van der Waals surface area contributed by atoms with E-state index in [0.717, 1.165) is 5.52 Å². The fraction of sp³-hybridized carbons (Fsp3) is 0.308. The first kappa shape index (κ1) is 12.6.